The molecule has 5 nitrogen and oxygen atoms in total. The second-order valence-electron chi connectivity index (χ2n) is 4.81. The van der Waals surface area contributed by atoms with Gasteiger partial charge in [0.25, 0.3) is 0 Å². The van der Waals surface area contributed by atoms with Gasteiger partial charge in [-0.15, -0.1) is 11.3 Å². The lowest BCUT2D eigenvalue weighted by Crippen LogP contribution is -2.43. The molecule has 0 aliphatic carbocycles. The number of piperidine rings is 1. The van der Waals surface area contributed by atoms with Crippen molar-refractivity contribution in [2.45, 2.75) is 39.2 Å². The molecule has 1 aromatic heterocycles. The molecule has 2 N–H and O–H groups in total. The van der Waals surface area contributed by atoms with Crippen LogP contribution in [0.2, 0.25) is 0 Å². The van der Waals surface area contributed by atoms with Crippen LogP contribution in [0, 0.1) is 6.92 Å². The van der Waals surface area contributed by atoms with Crippen molar-refractivity contribution in [2.24, 2.45) is 0 Å². The lowest BCUT2D eigenvalue weighted by molar-refractivity contribution is -0.118. The molecule has 0 bridgehead atoms. The minimum Gasteiger partial charge on any atom is -0.462 e. The van der Waals surface area contributed by atoms with Crippen LogP contribution >= 0.6 is 11.3 Å². The van der Waals surface area contributed by atoms with Crippen molar-refractivity contribution < 1.29 is 14.3 Å². The Morgan fingerprint density at radius 2 is 2.30 bits per heavy atom. The van der Waals surface area contributed by atoms with Crippen molar-refractivity contribution >= 4 is 28.2 Å². The van der Waals surface area contributed by atoms with Crippen LogP contribution in [-0.4, -0.2) is 31.1 Å². The second-order valence-corrected chi connectivity index (χ2v) is 6.07. The number of carbonyl (C=O) groups excluding carboxylic acids is 2. The lowest BCUT2D eigenvalue weighted by atomic mass is 10.0. The number of amides is 1. The number of rotatable bonds is 4. The van der Waals surface area contributed by atoms with Crippen molar-refractivity contribution in [3.8, 4) is 0 Å². The van der Waals surface area contributed by atoms with Crippen LogP contribution < -0.4 is 10.6 Å². The number of carbonyl (C=O) groups is 2. The molecule has 2 rings (SSSR count). The molecule has 6 heteroatoms. The molecule has 1 atom stereocenters. The number of aryl methyl sites for hydroxylation is 1. The standard InChI is InChI=1S/C14H20N2O3S/c1-3-19-14(18)10-8-9(2)20-13(10)16-12(17)11-6-4-5-7-15-11/h8,11,15H,3-7H2,1-2H3,(H,16,17). The Kier molecular flexibility index (Phi) is 5.14. The largest absolute Gasteiger partial charge is 0.462 e. The number of hydrogen-bond acceptors (Lipinski definition) is 5. The van der Waals surface area contributed by atoms with Crippen molar-refractivity contribution in [1.29, 1.82) is 0 Å². The highest BCUT2D eigenvalue weighted by Crippen LogP contribution is 2.28. The first-order valence-corrected chi connectivity index (χ1v) is 7.75. The fraction of sp³-hybridized carbons (Fsp3) is 0.571. The maximum atomic E-state index is 12.2. The minimum absolute atomic E-state index is 0.0721. The summed E-state index contributed by atoms with van der Waals surface area (Å²) in [7, 11) is 0. The van der Waals surface area contributed by atoms with E-state index in [1.54, 1.807) is 13.0 Å². The van der Waals surface area contributed by atoms with Crippen LogP contribution in [0.4, 0.5) is 5.00 Å². The molecule has 0 spiro atoms. The summed E-state index contributed by atoms with van der Waals surface area (Å²) in [5, 5.41) is 6.63. The first-order chi connectivity index (χ1) is 9.61. The molecule has 0 saturated carbocycles. The van der Waals surface area contributed by atoms with E-state index in [0.717, 1.165) is 30.7 Å². The maximum absolute atomic E-state index is 12.2. The van der Waals surface area contributed by atoms with Crippen LogP contribution in [0.15, 0.2) is 6.07 Å². The third-order valence-corrected chi connectivity index (χ3v) is 4.18. The van der Waals surface area contributed by atoms with Gasteiger partial charge in [0.1, 0.15) is 5.00 Å². The molecule has 1 amide bonds. The van der Waals surface area contributed by atoms with Crippen molar-refractivity contribution in [2.75, 3.05) is 18.5 Å². The molecule has 1 unspecified atom stereocenters. The Labute approximate surface area is 122 Å². The summed E-state index contributed by atoms with van der Waals surface area (Å²) < 4.78 is 5.01. The van der Waals surface area contributed by atoms with E-state index in [1.807, 2.05) is 6.92 Å². The zero-order valence-corrected chi connectivity index (χ0v) is 12.6. The topological polar surface area (TPSA) is 67.4 Å². The number of anilines is 1. The molecule has 20 heavy (non-hydrogen) atoms. The Hall–Kier alpha value is -1.40. The Balaban J connectivity index is 2.08. The normalized spacial score (nSPS) is 18.6. The summed E-state index contributed by atoms with van der Waals surface area (Å²) in [5.74, 6) is -0.458. The summed E-state index contributed by atoms with van der Waals surface area (Å²) in [6, 6.07) is 1.59. The van der Waals surface area contributed by atoms with Gasteiger partial charge in [-0.3, -0.25) is 4.79 Å². The molecular weight excluding hydrogens is 276 g/mol. The zero-order valence-electron chi connectivity index (χ0n) is 11.8. The van der Waals surface area contributed by atoms with E-state index in [-0.39, 0.29) is 17.9 Å². The van der Waals surface area contributed by atoms with Crippen molar-refractivity contribution in [1.82, 2.24) is 5.32 Å². The van der Waals surface area contributed by atoms with Crippen LogP contribution in [0.25, 0.3) is 0 Å². The van der Waals surface area contributed by atoms with Crippen LogP contribution in [0.5, 0.6) is 0 Å². The average molecular weight is 296 g/mol. The number of thiophene rings is 1. The molecule has 1 aliphatic heterocycles. The molecule has 0 radical (unpaired) electrons. The molecule has 1 aromatic rings. The highest BCUT2D eigenvalue weighted by Gasteiger charge is 2.23. The molecule has 1 fully saturated rings. The Morgan fingerprint density at radius 1 is 1.50 bits per heavy atom. The third-order valence-electron chi connectivity index (χ3n) is 3.21. The van der Waals surface area contributed by atoms with Crippen LogP contribution in [0.3, 0.4) is 0 Å². The second kappa shape index (κ2) is 6.85. The van der Waals surface area contributed by atoms with E-state index in [1.165, 1.54) is 11.3 Å². The van der Waals surface area contributed by atoms with Gasteiger partial charge in [0.2, 0.25) is 5.91 Å². The molecule has 2 heterocycles. The minimum atomic E-state index is -0.385. The van der Waals surface area contributed by atoms with E-state index in [4.69, 9.17) is 4.74 Å². The number of hydrogen-bond donors (Lipinski definition) is 2. The predicted molar refractivity (Wildman–Crippen MR) is 79.3 cm³/mol. The zero-order chi connectivity index (χ0) is 14.5. The monoisotopic (exact) mass is 296 g/mol. The summed E-state index contributed by atoms with van der Waals surface area (Å²) in [6.07, 6.45) is 3.00. The molecule has 1 saturated heterocycles. The highest BCUT2D eigenvalue weighted by molar-refractivity contribution is 7.16. The van der Waals surface area contributed by atoms with Crippen molar-refractivity contribution in [3.05, 3.63) is 16.5 Å². The van der Waals surface area contributed by atoms with Gasteiger partial charge in [-0.05, 0) is 39.3 Å². The summed E-state index contributed by atoms with van der Waals surface area (Å²) in [4.78, 5) is 25.0. The van der Waals surface area contributed by atoms with Gasteiger partial charge in [-0.25, -0.2) is 4.79 Å². The third kappa shape index (κ3) is 3.58. The molecule has 1 aliphatic rings. The Morgan fingerprint density at radius 3 is 2.95 bits per heavy atom. The highest BCUT2D eigenvalue weighted by atomic mass is 32.1. The van der Waals surface area contributed by atoms with Gasteiger partial charge in [-0.2, -0.15) is 0 Å². The maximum Gasteiger partial charge on any atom is 0.341 e. The number of ether oxygens (including phenoxy) is 1. The van der Waals surface area contributed by atoms with Gasteiger partial charge in [-0.1, -0.05) is 6.42 Å². The molecule has 0 aromatic carbocycles. The van der Waals surface area contributed by atoms with Crippen LogP contribution in [0.1, 0.15) is 41.4 Å². The summed E-state index contributed by atoms with van der Waals surface area (Å²) >= 11 is 1.40. The summed E-state index contributed by atoms with van der Waals surface area (Å²) in [6.45, 7) is 4.86. The van der Waals surface area contributed by atoms with E-state index < -0.39 is 0 Å². The first-order valence-electron chi connectivity index (χ1n) is 6.93. The fourth-order valence-electron chi connectivity index (χ4n) is 2.24. The van der Waals surface area contributed by atoms with E-state index in [0.29, 0.717) is 17.2 Å². The SMILES string of the molecule is CCOC(=O)c1cc(C)sc1NC(=O)C1CCCCN1. The van der Waals surface area contributed by atoms with E-state index in [2.05, 4.69) is 10.6 Å². The molecular formula is C14H20N2O3S. The first kappa shape index (κ1) is 15.0. The van der Waals surface area contributed by atoms with Gasteiger partial charge >= 0.3 is 5.97 Å². The van der Waals surface area contributed by atoms with Gasteiger partial charge in [0.15, 0.2) is 0 Å². The Bertz CT molecular complexity index is 493. The predicted octanol–water partition coefficient (Wildman–Crippen LogP) is 2.31. The van der Waals surface area contributed by atoms with Crippen LogP contribution in [-0.2, 0) is 9.53 Å². The lowest BCUT2D eigenvalue weighted by Gasteiger charge is -2.22. The van der Waals surface area contributed by atoms with E-state index >= 15 is 0 Å². The van der Waals surface area contributed by atoms with Gasteiger partial charge in [0, 0.05) is 4.88 Å². The quantitative estimate of drug-likeness (QED) is 0.837. The molecule has 110 valence electrons. The number of esters is 1. The average Bonchev–Trinajstić information content (AvgIpc) is 2.81. The number of nitrogens with one attached hydrogen (secondary N) is 2. The van der Waals surface area contributed by atoms with Gasteiger partial charge < -0.3 is 15.4 Å². The van der Waals surface area contributed by atoms with Gasteiger partial charge in [0.05, 0.1) is 18.2 Å². The van der Waals surface area contributed by atoms with Crippen molar-refractivity contribution in [3.63, 3.8) is 0 Å². The van der Waals surface area contributed by atoms with E-state index in [9.17, 15) is 9.59 Å². The smallest absolute Gasteiger partial charge is 0.341 e. The summed E-state index contributed by atoms with van der Waals surface area (Å²) in [5.41, 5.74) is 0.443. The fourth-order valence-corrected chi connectivity index (χ4v) is 3.14.